The fourth-order valence-corrected chi connectivity index (χ4v) is 2.92. The van der Waals surface area contributed by atoms with E-state index in [2.05, 4.69) is 15.5 Å². The summed E-state index contributed by atoms with van der Waals surface area (Å²) in [5.41, 5.74) is 2.45. The summed E-state index contributed by atoms with van der Waals surface area (Å²) in [4.78, 5) is 14.1. The topological polar surface area (TPSA) is 61.0 Å². The Hall–Kier alpha value is -2.08. The highest BCUT2D eigenvalue weighted by Gasteiger charge is 2.24. The predicted molar refractivity (Wildman–Crippen MR) is 87.2 cm³/mol. The normalized spacial score (nSPS) is 17.5. The average molecular weight is 337 g/mol. The molecule has 122 valence electrons. The highest BCUT2D eigenvalue weighted by molar-refractivity contribution is 6.30. The van der Waals surface area contributed by atoms with E-state index in [-0.39, 0.29) is 23.4 Å². The Bertz CT molecular complexity index is 718. The second-order valence-corrected chi connectivity index (χ2v) is 6.22. The maximum atomic E-state index is 13.5. The lowest BCUT2D eigenvalue weighted by atomic mass is 10.2. The van der Waals surface area contributed by atoms with Crippen molar-refractivity contribution in [3.63, 3.8) is 0 Å². The minimum absolute atomic E-state index is 0.0503. The molecule has 1 aromatic heterocycles. The van der Waals surface area contributed by atoms with E-state index in [1.54, 1.807) is 12.1 Å². The van der Waals surface area contributed by atoms with E-state index in [0.717, 1.165) is 30.0 Å². The van der Waals surface area contributed by atoms with Crippen LogP contribution in [-0.4, -0.2) is 35.2 Å². The lowest BCUT2D eigenvalue weighted by molar-refractivity contribution is -0.121. The van der Waals surface area contributed by atoms with Gasteiger partial charge in [0, 0.05) is 30.5 Å². The van der Waals surface area contributed by atoms with Gasteiger partial charge in [-0.25, -0.2) is 4.39 Å². The van der Waals surface area contributed by atoms with Crippen LogP contribution in [0.25, 0.3) is 0 Å². The summed E-state index contributed by atoms with van der Waals surface area (Å²) < 4.78 is 13.5. The van der Waals surface area contributed by atoms with Gasteiger partial charge in [0.2, 0.25) is 5.91 Å². The molecular formula is C16H18ClFN4O. The largest absolute Gasteiger partial charge is 0.369 e. The molecule has 1 fully saturated rings. The molecule has 0 unspecified atom stereocenters. The monoisotopic (exact) mass is 336 g/mol. The molecule has 1 atom stereocenters. The fourth-order valence-electron chi connectivity index (χ4n) is 2.80. The summed E-state index contributed by atoms with van der Waals surface area (Å²) in [5.74, 6) is -0.476. The van der Waals surface area contributed by atoms with Gasteiger partial charge in [0.1, 0.15) is 5.82 Å². The standard InChI is InChI=1S/C16H18ClFN4O/c1-10-6-12(21-20-10)7-16(23)19-11-4-5-22(9-11)13-2-3-14(17)15(18)8-13/h2-3,6,8,11H,4-5,7,9H2,1H3,(H,19,23)(H,20,21)/t11-/m0/s1. The summed E-state index contributed by atoms with van der Waals surface area (Å²) in [6.45, 7) is 3.33. The lowest BCUT2D eigenvalue weighted by Crippen LogP contribution is -2.38. The third-order valence-electron chi connectivity index (χ3n) is 3.92. The molecule has 7 heteroatoms. The van der Waals surface area contributed by atoms with Crippen LogP contribution in [0.2, 0.25) is 5.02 Å². The van der Waals surface area contributed by atoms with Crippen LogP contribution in [0, 0.1) is 12.7 Å². The number of nitrogens with zero attached hydrogens (tertiary/aromatic N) is 2. The summed E-state index contributed by atoms with van der Waals surface area (Å²) in [5, 5.41) is 10.0. The molecule has 1 aromatic carbocycles. The van der Waals surface area contributed by atoms with Crippen molar-refractivity contribution in [3.8, 4) is 0 Å². The molecule has 2 N–H and O–H groups in total. The van der Waals surface area contributed by atoms with Crippen molar-refractivity contribution in [2.75, 3.05) is 18.0 Å². The number of aromatic amines is 1. The number of hydrogen-bond donors (Lipinski definition) is 2. The average Bonchev–Trinajstić information content (AvgIpc) is 3.11. The van der Waals surface area contributed by atoms with Crippen molar-refractivity contribution in [3.05, 3.63) is 46.5 Å². The number of benzene rings is 1. The molecule has 0 aliphatic carbocycles. The molecule has 0 bridgehead atoms. The van der Waals surface area contributed by atoms with Gasteiger partial charge in [-0.1, -0.05) is 11.6 Å². The zero-order valence-electron chi connectivity index (χ0n) is 12.8. The molecule has 2 heterocycles. The summed E-state index contributed by atoms with van der Waals surface area (Å²) in [6.07, 6.45) is 1.09. The van der Waals surface area contributed by atoms with Gasteiger partial charge >= 0.3 is 0 Å². The number of anilines is 1. The first-order valence-electron chi connectivity index (χ1n) is 7.51. The highest BCUT2D eigenvalue weighted by Crippen LogP contribution is 2.25. The first-order valence-corrected chi connectivity index (χ1v) is 7.89. The molecule has 2 aromatic rings. The van der Waals surface area contributed by atoms with Crippen LogP contribution in [0.3, 0.4) is 0 Å². The molecule has 3 rings (SSSR count). The maximum absolute atomic E-state index is 13.5. The lowest BCUT2D eigenvalue weighted by Gasteiger charge is -2.19. The number of aromatic nitrogens is 2. The number of carbonyl (C=O) groups is 1. The van der Waals surface area contributed by atoms with Crippen LogP contribution in [0.4, 0.5) is 10.1 Å². The van der Waals surface area contributed by atoms with Crippen molar-refractivity contribution < 1.29 is 9.18 Å². The molecule has 0 spiro atoms. The Labute approximate surface area is 138 Å². The summed E-state index contributed by atoms with van der Waals surface area (Å²) >= 11 is 5.70. The Morgan fingerprint density at radius 3 is 3.04 bits per heavy atom. The molecule has 23 heavy (non-hydrogen) atoms. The number of carbonyl (C=O) groups excluding carboxylic acids is 1. The summed E-state index contributed by atoms with van der Waals surface area (Å²) in [6, 6.07) is 6.69. The van der Waals surface area contributed by atoms with E-state index < -0.39 is 5.82 Å². The van der Waals surface area contributed by atoms with E-state index >= 15 is 0 Å². The SMILES string of the molecule is Cc1cc(CC(=O)N[C@H]2CCN(c3ccc(Cl)c(F)c3)C2)n[nH]1. The van der Waals surface area contributed by atoms with E-state index in [4.69, 9.17) is 11.6 Å². The van der Waals surface area contributed by atoms with Crippen LogP contribution in [0.5, 0.6) is 0 Å². The van der Waals surface area contributed by atoms with E-state index in [1.807, 2.05) is 17.9 Å². The highest BCUT2D eigenvalue weighted by atomic mass is 35.5. The number of rotatable bonds is 4. The van der Waals surface area contributed by atoms with E-state index in [1.165, 1.54) is 6.07 Å². The Balaban J connectivity index is 1.55. The second kappa shape index (κ2) is 6.58. The van der Waals surface area contributed by atoms with Gasteiger partial charge in [-0.2, -0.15) is 5.10 Å². The van der Waals surface area contributed by atoms with E-state index in [0.29, 0.717) is 6.54 Å². The molecule has 1 aliphatic rings. The third kappa shape index (κ3) is 3.82. The van der Waals surface area contributed by atoms with Crippen LogP contribution in [0.1, 0.15) is 17.8 Å². The first-order chi connectivity index (χ1) is 11.0. The number of hydrogen-bond acceptors (Lipinski definition) is 3. The van der Waals surface area contributed by atoms with Crippen molar-refractivity contribution in [2.45, 2.75) is 25.8 Å². The van der Waals surface area contributed by atoms with Crippen molar-refractivity contribution in [1.29, 1.82) is 0 Å². The van der Waals surface area contributed by atoms with Gasteiger partial charge in [-0.3, -0.25) is 9.89 Å². The van der Waals surface area contributed by atoms with Gasteiger partial charge in [0.15, 0.2) is 0 Å². The Morgan fingerprint density at radius 2 is 2.35 bits per heavy atom. The smallest absolute Gasteiger partial charge is 0.226 e. The maximum Gasteiger partial charge on any atom is 0.226 e. The van der Waals surface area contributed by atoms with Crippen LogP contribution in [0.15, 0.2) is 24.3 Å². The fraction of sp³-hybridized carbons (Fsp3) is 0.375. The predicted octanol–water partition coefficient (Wildman–Crippen LogP) is 2.45. The van der Waals surface area contributed by atoms with Crippen molar-refractivity contribution in [1.82, 2.24) is 15.5 Å². The van der Waals surface area contributed by atoms with E-state index in [9.17, 15) is 9.18 Å². The molecule has 1 amide bonds. The second-order valence-electron chi connectivity index (χ2n) is 5.82. The first kappa shape index (κ1) is 15.8. The molecule has 5 nitrogen and oxygen atoms in total. The van der Waals surface area contributed by atoms with Crippen molar-refractivity contribution in [2.24, 2.45) is 0 Å². The molecule has 0 saturated carbocycles. The molecule has 1 aliphatic heterocycles. The number of aryl methyl sites for hydroxylation is 1. The number of amides is 1. The van der Waals surface area contributed by atoms with Gasteiger partial charge in [0.05, 0.1) is 17.1 Å². The minimum Gasteiger partial charge on any atom is -0.369 e. The third-order valence-corrected chi connectivity index (χ3v) is 4.23. The quantitative estimate of drug-likeness (QED) is 0.901. The number of H-pyrrole nitrogens is 1. The Morgan fingerprint density at radius 1 is 1.52 bits per heavy atom. The minimum atomic E-state index is -0.425. The van der Waals surface area contributed by atoms with Gasteiger partial charge in [-0.15, -0.1) is 0 Å². The van der Waals surface area contributed by atoms with Crippen molar-refractivity contribution >= 4 is 23.2 Å². The Kier molecular flexibility index (Phi) is 4.52. The van der Waals surface area contributed by atoms with Crippen LogP contribution >= 0.6 is 11.6 Å². The van der Waals surface area contributed by atoms with Gasteiger partial charge in [-0.05, 0) is 37.6 Å². The summed E-state index contributed by atoms with van der Waals surface area (Å²) in [7, 11) is 0. The molecule has 0 radical (unpaired) electrons. The molecular weight excluding hydrogens is 319 g/mol. The number of halogens is 2. The van der Waals surface area contributed by atoms with Gasteiger partial charge in [0.25, 0.3) is 0 Å². The molecule has 1 saturated heterocycles. The zero-order chi connectivity index (χ0) is 16.4. The van der Waals surface area contributed by atoms with Crippen LogP contribution in [-0.2, 0) is 11.2 Å². The van der Waals surface area contributed by atoms with Gasteiger partial charge < -0.3 is 10.2 Å². The number of nitrogens with one attached hydrogen (secondary N) is 2. The zero-order valence-corrected chi connectivity index (χ0v) is 13.5. The van der Waals surface area contributed by atoms with Crippen LogP contribution < -0.4 is 10.2 Å².